The Balaban J connectivity index is 1.02. The lowest BCUT2D eigenvalue weighted by atomic mass is 9.90. The van der Waals surface area contributed by atoms with Gasteiger partial charge in [-0.25, -0.2) is 15.0 Å². The SMILES string of the molecule is c1ccc(-c2cccc(-c3cc(-c4ccc(-c5cccc(-c6cc(-c7ccccc7)nc7ccc8ccccc8c67)c5)c5ccccc45)nc(-c4cccc(-c5ccccc5)c4)n3)c2)cc1. The molecule has 2 aromatic heterocycles. The summed E-state index contributed by atoms with van der Waals surface area (Å²) in [6.07, 6.45) is 0. The van der Waals surface area contributed by atoms with Gasteiger partial charge in [0.15, 0.2) is 5.82 Å². The summed E-state index contributed by atoms with van der Waals surface area (Å²) in [6.45, 7) is 0. The number of aromatic nitrogens is 3. The maximum atomic E-state index is 5.39. The molecule has 0 N–H and O–H groups in total. The molecule has 0 bridgehead atoms. The predicted octanol–water partition coefficient (Wildman–Crippen LogP) is 16.7. The van der Waals surface area contributed by atoms with E-state index in [0.29, 0.717) is 5.82 Å². The molecule has 308 valence electrons. The van der Waals surface area contributed by atoms with E-state index in [2.05, 4.69) is 243 Å². The summed E-state index contributed by atoms with van der Waals surface area (Å²) < 4.78 is 0. The molecule has 0 aliphatic carbocycles. The highest BCUT2D eigenvalue weighted by molar-refractivity contribution is 6.14. The zero-order valence-electron chi connectivity index (χ0n) is 36.0. The summed E-state index contributed by atoms with van der Waals surface area (Å²) in [5.74, 6) is 0.679. The second-order valence-corrected chi connectivity index (χ2v) is 16.7. The minimum atomic E-state index is 0.679. The van der Waals surface area contributed by atoms with E-state index >= 15 is 0 Å². The van der Waals surface area contributed by atoms with Crippen LogP contribution in [0.4, 0.5) is 0 Å². The van der Waals surface area contributed by atoms with Gasteiger partial charge in [-0.3, -0.25) is 0 Å². The fourth-order valence-corrected chi connectivity index (χ4v) is 9.44. The maximum Gasteiger partial charge on any atom is 0.160 e. The van der Waals surface area contributed by atoms with Gasteiger partial charge in [-0.05, 0) is 102 Å². The molecule has 66 heavy (non-hydrogen) atoms. The number of rotatable bonds is 8. The molecule has 0 aliphatic heterocycles. The Morgan fingerprint density at radius 1 is 0.227 bits per heavy atom. The van der Waals surface area contributed by atoms with Crippen LogP contribution in [0.5, 0.6) is 0 Å². The van der Waals surface area contributed by atoms with E-state index in [4.69, 9.17) is 15.0 Å². The largest absolute Gasteiger partial charge is 0.248 e. The zero-order valence-corrected chi connectivity index (χ0v) is 36.0. The van der Waals surface area contributed by atoms with Crippen LogP contribution < -0.4 is 0 Å². The molecule has 2 heterocycles. The average molecular weight is 840 g/mol. The number of pyridine rings is 1. The fourth-order valence-electron chi connectivity index (χ4n) is 9.44. The maximum absolute atomic E-state index is 5.39. The Kier molecular flexibility index (Phi) is 9.85. The van der Waals surface area contributed by atoms with Gasteiger partial charge >= 0.3 is 0 Å². The van der Waals surface area contributed by atoms with Crippen molar-refractivity contribution in [1.29, 1.82) is 0 Å². The highest BCUT2D eigenvalue weighted by atomic mass is 14.9. The van der Waals surface area contributed by atoms with E-state index in [1.165, 1.54) is 10.8 Å². The lowest BCUT2D eigenvalue weighted by molar-refractivity contribution is 1.18. The van der Waals surface area contributed by atoms with E-state index in [1.54, 1.807) is 0 Å². The number of hydrogen-bond donors (Lipinski definition) is 0. The molecule has 0 aliphatic rings. The molecule has 3 nitrogen and oxygen atoms in total. The lowest BCUT2D eigenvalue weighted by Gasteiger charge is -2.16. The van der Waals surface area contributed by atoms with Gasteiger partial charge in [0.1, 0.15) is 0 Å². The van der Waals surface area contributed by atoms with Gasteiger partial charge in [0.05, 0.1) is 22.6 Å². The summed E-state index contributed by atoms with van der Waals surface area (Å²) in [5, 5.41) is 5.82. The van der Waals surface area contributed by atoms with Gasteiger partial charge in [0.2, 0.25) is 0 Å². The predicted molar refractivity (Wildman–Crippen MR) is 276 cm³/mol. The Labute approximate surface area is 384 Å². The number of benzene rings is 10. The van der Waals surface area contributed by atoms with Gasteiger partial charge < -0.3 is 0 Å². The summed E-state index contributed by atoms with van der Waals surface area (Å²) in [7, 11) is 0. The molecule has 12 aromatic rings. The van der Waals surface area contributed by atoms with Gasteiger partial charge in [0.25, 0.3) is 0 Å². The third-order valence-electron chi connectivity index (χ3n) is 12.7. The van der Waals surface area contributed by atoms with Crippen LogP contribution in [-0.2, 0) is 0 Å². The summed E-state index contributed by atoms with van der Waals surface area (Å²) in [4.78, 5) is 15.9. The van der Waals surface area contributed by atoms with E-state index in [-0.39, 0.29) is 0 Å². The van der Waals surface area contributed by atoms with Crippen molar-refractivity contribution >= 4 is 32.4 Å². The average Bonchev–Trinajstić information content (AvgIpc) is 3.41. The third kappa shape index (κ3) is 7.29. The Hall–Kier alpha value is -8.79. The monoisotopic (exact) mass is 839 g/mol. The quantitative estimate of drug-likeness (QED) is 0.143. The van der Waals surface area contributed by atoms with Gasteiger partial charge in [-0.1, -0.05) is 212 Å². The molecule has 10 aromatic carbocycles. The highest BCUT2D eigenvalue weighted by Crippen LogP contribution is 2.41. The van der Waals surface area contributed by atoms with Crippen LogP contribution in [0.3, 0.4) is 0 Å². The number of hydrogen-bond acceptors (Lipinski definition) is 3. The van der Waals surface area contributed by atoms with E-state index in [0.717, 1.165) is 106 Å². The van der Waals surface area contributed by atoms with Crippen molar-refractivity contribution in [1.82, 2.24) is 15.0 Å². The zero-order chi connectivity index (χ0) is 43.8. The second-order valence-electron chi connectivity index (χ2n) is 16.7. The van der Waals surface area contributed by atoms with E-state index < -0.39 is 0 Å². The van der Waals surface area contributed by atoms with Crippen LogP contribution in [0.2, 0.25) is 0 Å². The summed E-state index contributed by atoms with van der Waals surface area (Å²) >= 11 is 0. The van der Waals surface area contributed by atoms with Crippen LogP contribution >= 0.6 is 0 Å². The first-order valence-corrected chi connectivity index (χ1v) is 22.4. The molecule has 0 saturated carbocycles. The first-order valence-electron chi connectivity index (χ1n) is 22.4. The Morgan fingerprint density at radius 3 is 1.39 bits per heavy atom. The molecule has 0 spiro atoms. The molecular weight excluding hydrogens is 799 g/mol. The van der Waals surface area contributed by atoms with Crippen LogP contribution in [0, 0.1) is 0 Å². The molecule has 0 saturated heterocycles. The van der Waals surface area contributed by atoms with Crippen molar-refractivity contribution in [3.8, 4) is 89.7 Å². The third-order valence-corrected chi connectivity index (χ3v) is 12.7. The molecule has 3 heteroatoms. The van der Waals surface area contributed by atoms with Crippen LogP contribution in [0.15, 0.2) is 249 Å². The van der Waals surface area contributed by atoms with Crippen LogP contribution in [-0.4, -0.2) is 15.0 Å². The minimum absolute atomic E-state index is 0.679. The molecule has 0 unspecified atom stereocenters. The fraction of sp³-hybridized carbons (Fsp3) is 0. The van der Waals surface area contributed by atoms with Crippen molar-refractivity contribution in [3.63, 3.8) is 0 Å². The lowest BCUT2D eigenvalue weighted by Crippen LogP contribution is -1.97. The standard InChI is InChI=1S/C63H41N3/c1-4-17-42(18-5-1)46-24-14-28-50(37-46)60-41-61(66-63(65-60)51-29-15-25-47(38-51)43-19-6-2-7-20-43)56-35-34-52(54-31-12-13-32-55(54)56)48-26-16-27-49(39-48)57-40-59(45-22-8-3-9-23-45)64-58-36-33-44-21-10-11-30-53(44)62(57)58/h1-41H. The molecule has 0 atom stereocenters. The Bertz CT molecular complexity index is 3650. The van der Waals surface area contributed by atoms with Crippen LogP contribution in [0.25, 0.3) is 122 Å². The van der Waals surface area contributed by atoms with Gasteiger partial charge in [-0.15, -0.1) is 0 Å². The molecule has 0 fully saturated rings. The van der Waals surface area contributed by atoms with Gasteiger partial charge in [-0.2, -0.15) is 0 Å². The topological polar surface area (TPSA) is 38.7 Å². The van der Waals surface area contributed by atoms with Crippen LogP contribution in [0.1, 0.15) is 0 Å². The smallest absolute Gasteiger partial charge is 0.160 e. The van der Waals surface area contributed by atoms with Crippen molar-refractivity contribution in [2.75, 3.05) is 0 Å². The summed E-state index contributed by atoms with van der Waals surface area (Å²) in [5.41, 5.74) is 17.0. The van der Waals surface area contributed by atoms with E-state index in [9.17, 15) is 0 Å². The van der Waals surface area contributed by atoms with Crippen molar-refractivity contribution in [2.24, 2.45) is 0 Å². The summed E-state index contributed by atoms with van der Waals surface area (Å²) in [6, 6.07) is 88.3. The van der Waals surface area contributed by atoms with Gasteiger partial charge in [0, 0.05) is 27.6 Å². The van der Waals surface area contributed by atoms with Crippen molar-refractivity contribution < 1.29 is 0 Å². The van der Waals surface area contributed by atoms with Crippen molar-refractivity contribution in [3.05, 3.63) is 249 Å². The molecule has 0 amide bonds. The van der Waals surface area contributed by atoms with Crippen molar-refractivity contribution in [2.45, 2.75) is 0 Å². The molecular formula is C63H41N3. The second kappa shape index (κ2) is 16.7. The number of fused-ring (bicyclic) bond motifs is 4. The number of nitrogens with zero attached hydrogens (tertiary/aromatic N) is 3. The molecule has 12 rings (SSSR count). The Morgan fingerprint density at radius 2 is 0.697 bits per heavy atom. The normalized spacial score (nSPS) is 11.3. The minimum Gasteiger partial charge on any atom is -0.248 e. The van der Waals surface area contributed by atoms with E-state index in [1.807, 2.05) is 6.07 Å². The first-order chi connectivity index (χ1) is 32.7. The highest BCUT2D eigenvalue weighted by Gasteiger charge is 2.18. The molecule has 0 radical (unpaired) electrons. The first kappa shape index (κ1) is 38.9.